The fourth-order valence-corrected chi connectivity index (χ4v) is 11.8. The Morgan fingerprint density at radius 1 is 1.32 bits per heavy atom. The standard InChI is InChI=1S/C20H21F3IN2O2/c21-20(22,23)17(28)26-6-5-19-12-8-11(27)2-1-10(12)7-15(26)18(19)4-3-14-16(19)13(9-18)24-25-14/h1-2,8,13-16,25,27H,3-7,9H2/q-1/t13-,14?,15?,16?,18?,19?/m0/s1. The zero-order valence-electron chi connectivity index (χ0n) is 15.1. The van der Waals surface area contributed by atoms with E-state index in [0.29, 0.717) is 28.7 Å². The quantitative estimate of drug-likeness (QED) is 0.284. The van der Waals surface area contributed by atoms with Crippen molar-refractivity contribution < 1.29 is 44.6 Å². The number of hydrogen-bond acceptors (Lipinski definition) is 3. The van der Waals surface area contributed by atoms with Crippen molar-refractivity contribution >= 4 is 5.91 Å². The summed E-state index contributed by atoms with van der Waals surface area (Å²) in [7, 11) is 0. The van der Waals surface area contributed by atoms with E-state index >= 15 is 0 Å². The first-order chi connectivity index (χ1) is 13.3. The number of halogens is 4. The van der Waals surface area contributed by atoms with Crippen molar-refractivity contribution in [2.45, 2.75) is 59.7 Å². The van der Waals surface area contributed by atoms with E-state index in [1.165, 1.54) is 4.90 Å². The van der Waals surface area contributed by atoms with Gasteiger partial charge in [-0.25, -0.2) is 0 Å². The van der Waals surface area contributed by atoms with Crippen LogP contribution < -0.4 is 25.0 Å². The molecular weight excluding hydrogens is 484 g/mol. The molecule has 2 saturated carbocycles. The number of benzene rings is 1. The van der Waals surface area contributed by atoms with Crippen molar-refractivity contribution in [2.24, 2.45) is 11.3 Å². The molecule has 0 spiro atoms. The van der Waals surface area contributed by atoms with Crippen molar-refractivity contribution in [2.75, 3.05) is 6.54 Å². The van der Waals surface area contributed by atoms with Crippen LogP contribution in [0.15, 0.2) is 18.2 Å². The molecule has 3 aliphatic carbocycles. The maximum absolute atomic E-state index is 13.4. The minimum absolute atomic E-state index is 0.161. The van der Waals surface area contributed by atoms with Gasteiger partial charge in [0.2, 0.25) is 0 Å². The van der Waals surface area contributed by atoms with Gasteiger partial charge in [-0.3, -0.25) is 0 Å². The summed E-state index contributed by atoms with van der Waals surface area (Å²) in [6.45, 7) is 0.161. The van der Waals surface area contributed by atoms with Gasteiger partial charge in [-0.2, -0.15) is 0 Å². The molecule has 2 aliphatic heterocycles. The van der Waals surface area contributed by atoms with E-state index in [2.05, 4.69) is 3.53 Å². The summed E-state index contributed by atoms with van der Waals surface area (Å²) < 4.78 is 44.5. The minimum atomic E-state index is -4.83. The zero-order chi connectivity index (χ0) is 19.5. The van der Waals surface area contributed by atoms with Gasteiger partial charge in [0, 0.05) is 0 Å². The van der Waals surface area contributed by atoms with Crippen LogP contribution in [-0.2, 0) is 16.6 Å². The Hall–Kier alpha value is -1.03. The molecule has 8 heteroatoms. The second kappa shape index (κ2) is 5.36. The van der Waals surface area contributed by atoms with E-state index in [-0.39, 0.29) is 50.6 Å². The van der Waals surface area contributed by atoms with Gasteiger partial charge in [0.1, 0.15) is 0 Å². The number of nitrogens with one attached hydrogen (secondary N) is 1. The van der Waals surface area contributed by atoms with Crippen molar-refractivity contribution in [3.63, 3.8) is 0 Å². The molecule has 6 atom stereocenters. The molecule has 1 amide bonds. The van der Waals surface area contributed by atoms with E-state index in [9.17, 15) is 23.1 Å². The summed E-state index contributed by atoms with van der Waals surface area (Å²) in [6, 6.07) is 5.42. The fraction of sp³-hybridized carbons (Fsp3) is 0.650. The molecule has 0 radical (unpaired) electrons. The molecule has 0 aromatic heterocycles. The summed E-state index contributed by atoms with van der Waals surface area (Å²) in [5, 5.41) is 10.2. The van der Waals surface area contributed by atoms with Gasteiger partial charge < -0.3 is 0 Å². The Morgan fingerprint density at radius 2 is 2.14 bits per heavy atom. The van der Waals surface area contributed by atoms with Crippen LogP contribution >= 0.6 is 0 Å². The van der Waals surface area contributed by atoms with Gasteiger partial charge in [0.15, 0.2) is 0 Å². The van der Waals surface area contributed by atoms with Crippen LogP contribution in [0.25, 0.3) is 0 Å². The predicted octanol–water partition coefficient (Wildman–Crippen LogP) is -0.506. The number of phenols is 1. The van der Waals surface area contributed by atoms with Crippen LogP contribution in [0.3, 0.4) is 0 Å². The second-order valence-corrected chi connectivity index (χ2v) is 11.9. The normalized spacial score (nSPS) is 43.2. The van der Waals surface area contributed by atoms with Crippen LogP contribution in [-0.4, -0.2) is 44.6 Å². The molecule has 5 aliphatic rings. The second-order valence-electron chi connectivity index (χ2n) is 9.04. The Kier molecular flexibility index (Phi) is 3.41. The molecule has 4 fully saturated rings. The summed E-state index contributed by atoms with van der Waals surface area (Å²) >= 11 is -0.182. The molecule has 4 nitrogen and oxygen atoms in total. The summed E-state index contributed by atoms with van der Waals surface area (Å²) in [6.07, 6.45) is -1.01. The first-order valence-electron chi connectivity index (χ1n) is 9.86. The number of aromatic hydroxyl groups is 1. The number of carbonyl (C=O) groups excluding carboxylic acids is 1. The van der Waals surface area contributed by atoms with E-state index in [0.717, 1.165) is 30.4 Å². The van der Waals surface area contributed by atoms with Crippen molar-refractivity contribution in [3.05, 3.63) is 29.3 Å². The SMILES string of the molecule is O=C(N1CCC23c4cc(O)ccc4CC1C21CCC2N[I-][C@@H](C1)C23)C(F)(F)F. The van der Waals surface area contributed by atoms with Crippen LogP contribution in [0.4, 0.5) is 13.2 Å². The predicted molar refractivity (Wildman–Crippen MR) is 90.1 cm³/mol. The van der Waals surface area contributed by atoms with Crippen molar-refractivity contribution in [3.8, 4) is 5.75 Å². The number of nitrogens with zero attached hydrogens (tertiary/aromatic N) is 1. The average molecular weight is 505 g/mol. The van der Waals surface area contributed by atoms with Gasteiger partial charge in [-0.1, -0.05) is 0 Å². The molecule has 1 aromatic carbocycles. The number of carbonyl (C=O) groups is 1. The average Bonchev–Trinajstić information content (AvgIpc) is 3.11. The molecule has 2 heterocycles. The topological polar surface area (TPSA) is 52.6 Å². The summed E-state index contributed by atoms with van der Waals surface area (Å²) in [4.78, 5) is 13.5. The molecule has 152 valence electrons. The number of rotatable bonds is 0. The number of piperidine rings is 1. The first-order valence-corrected chi connectivity index (χ1v) is 12.2. The Morgan fingerprint density at radius 3 is 2.93 bits per heavy atom. The number of hydrogen-bond donors (Lipinski definition) is 2. The van der Waals surface area contributed by atoms with Crippen LogP contribution in [0.2, 0.25) is 0 Å². The third-order valence-corrected chi connectivity index (χ3v) is 11.5. The summed E-state index contributed by atoms with van der Waals surface area (Å²) in [5.74, 6) is -1.01. The van der Waals surface area contributed by atoms with Crippen molar-refractivity contribution in [1.29, 1.82) is 0 Å². The maximum atomic E-state index is 13.4. The third-order valence-electron chi connectivity index (χ3n) is 8.34. The van der Waals surface area contributed by atoms with E-state index in [1.807, 2.05) is 12.1 Å². The van der Waals surface area contributed by atoms with Crippen LogP contribution in [0.1, 0.15) is 36.8 Å². The Labute approximate surface area is 171 Å². The van der Waals surface area contributed by atoms with E-state index in [4.69, 9.17) is 0 Å². The molecule has 2 saturated heterocycles. The monoisotopic (exact) mass is 505 g/mol. The van der Waals surface area contributed by atoms with E-state index in [1.54, 1.807) is 6.07 Å². The molecule has 28 heavy (non-hydrogen) atoms. The third kappa shape index (κ3) is 1.90. The number of amides is 1. The van der Waals surface area contributed by atoms with Crippen LogP contribution in [0.5, 0.6) is 5.75 Å². The molecule has 5 unspecified atom stereocenters. The molecule has 6 rings (SSSR count). The van der Waals surface area contributed by atoms with E-state index < -0.39 is 12.1 Å². The summed E-state index contributed by atoms with van der Waals surface area (Å²) in [5.41, 5.74) is 1.70. The van der Waals surface area contributed by atoms with Gasteiger partial charge in [0.25, 0.3) is 0 Å². The van der Waals surface area contributed by atoms with Gasteiger partial charge in [-0.15, -0.1) is 0 Å². The molecule has 4 bridgehead atoms. The number of likely N-dealkylation sites (tertiary alicyclic amines) is 1. The number of alkyl halides is 4. The Bertz CT molecular complexity index is 893. The first kappa shape index (κ1) is 17.8. The Balaban J connectivity index is 1.58. The molecular formula is C20H21F3IN2O2-. The molecule has 2 N–H and O–H groups in total. The number of phenolic OH excluding ortho intramolecular Hbond substituents is 1. The number of fused-ring (bicyclic) bond motifs is 1. The molecule has 1 aromatic rings. The van der Waals surface area contributed by atoms with Gasteiger partial charge >= 0.3 is 172 Å². The fourth-order valence-electron chi connectivity index (χ4n) is 7.63. The zero-order valence-corrected chi connectivity index (χ0v) is 17.3. The van der Waals surface area contributed by atoms with Crippen molar-refractivity contribution in [1.82, 2.24) is 8.43 Å². The van der Waals surface area contributed by atoms with Gasteiger partial charge in [0.05, 0.1) is 0 Å². The van der Waals surface area contributed by atoms with Gasteiger partial charge in [-0.05, 0) is 0 Å². The van der Waals surface area contributed by atoms with Crippen LogP contribution in [0, 0.1) is 11.3 Å².